The van der Waals surface area contributed by atoms with Crippen molar-refractivity contribution in [2.24, 2.45) is 5.14 Å². The quantitative estimate of drug-likeness (QED) is 0.590. The van der Waals surface area contributed by atoms with Crippen LogP contribution in [-0.2, 0) is 10.0 Å². The molecular weight excluding hydrogens is 266 g/mol. The van der Waals surface area contributed by atoms with Gasteiger partial charge in [-0.3, -0.25) is 4.79 Å². The smallest absolute Gasteiger partial charge is 0.252 e. The molecule has 0 unspecified atom stereocenters. The minimum atomic E-state index is -3.47. The molecule has 8 heteroatoms. The van der Waals surface area contributed by atoms with Gasteiger partial charge in [-0.2, -0.15) is 0 Å². The lowest BCUT2D eigenvalue weighted by Gasteiger charge is -2.04. The van der Waals surface area contributed by atoms with Gasteiger partial charge in [-0.25, -0.2) is 18.5 Å². The molecule has 1 aromatic rings. The largest absolute Gasteiger partial charge is 0.352 e. The maximum Gasteiger partial charge on any atom is 0.252 e. The molecule has 0 bridgehead atoms. The Morgan fingerprint density at radius 3 is 2.71 bits per heavy atom. The fraction of sp³-hybridized carbons (Fsp3) is 0.333. The number of rotatable bonds is 5. The van der Waals surface area contributed by atoms with Gasteiger partial charge in [-0.15, -0.1) is 0 Å². The van der Waals surface area contributed by atoms with Gasteiger partial charge < -0.3 is 5.32 Å². The number of primary sulfonamides is 1. The molecule has 0 radical (unpaired) electrons. The van der Waals surface area contributed by atoms with E-state index in [-0.39, 0.29) is 24.6 Å². The van der Waals surface area contributed by atoms with E-state index in [1.54, 1.807) is 0 Å². The molecule has 1 amide bonds. The van der Waals surface area contributed by atoms with Crippen molar-refractivity contribution in [2.45, 2.75) is 6.42 Å². The summed E-state index contributed by atoms with van der Waals surface area (Å²) in [5.74, 6) is -0.491. The Hall–Kier alpha value is -1.18. The third-order valence-corrected chi connectivity index (χ3v) is 2.96. The fourth-order valence-electron chi connectivity index (χ4n) is 1.09. The summed E-state index contributed by atoms with van der Waals surface area (Å²) < 4.78 is 21.2. The molecule has 94 valence electrons. The maximum atomic E-state index is 11.5. The van der Waals surface area contributed by atoms with Crippen LogP contribution >= 0.6 is 11.6 Å². The average Bonchev–Trinajstić information content (AvgIpc) is 2.24. The fourth-order valence-corrected chi connectivity index (χ4v) is 1.75. The topological polar surface area (TPSA) is 102 Å². The third-order valence-electron chi connectivity index (χ3n) is 1.88. The van der Waals surface area contributed by atoms with Crippen molar-refractivity contribution in [3.63, 3.8) is 0 Å². The predicted molar refractivity (Wildman–Crippen MR) is 64.2 cm³/mol. The highest BCUT2D eigenvalue weighted by molar-refractivity contribution is 7.89. The van der Waals surface area contributed by atoms with Crippen molar-refractivity contribution in [3.05, 3.63) is 29.0 Å². The van der Waals surface area contributed by atoms with Gasteiger partial charge in [0, 0.05) is 12.7 Å². The lowest BCUT2D eigenvalue weighted by atomic mass is 10.2. The van der Waals surface area contributed by atoms with Gasteiger partial charge in [-0.05, 0) is 18.6 Å². The Morgan fingerprint density at radius 1 is 1.47 bits per heavy atom. The maximum absolute atomic E-state index is 11.5. The summed E-state index contributed by atoms with van der Waals surface area (Å²) in [6.07, 6.45) is 1.61. The van der Waals surface area contributed by atoms with Crippen LogP contribution in [0.25, 0.3) is 0 Å². The molecule has 0 aliphatic heterocycles. The van der Waals surface area contributed by atoms with Gasteiger partial charge in [0.15, 0.2) is 0 Å². The number of amides is 1. The second-order valence-corrected chi connectivity index (χ2v) is 5.47. The monoisotopic (exact) mass is 277 g/mol. The number of aromatic nitrogens is 1. The highest BCUT2D eigenvalue weighted by Gasteiger charge is 2.06. The average molecular weight is 278 g/mol. The number of pyridine rings is 1. The Labute approximate surface area is 104 Å². The van der Waals surface area contributed by atoms with Crippen LogP contribution < -0.4 is 10.5 Å². The van der Waals surface area contributed by atoms with E-state index in [4.69, 9.17) is 16.7 Å². The standard InChI is InChI=1S/C9H12ClN3O3S/c10-8-3-2-7(6-13-8)9(14)12-4-1-5-17(11,15)16/h2-3,6H,1,4-5H2,(H,12,14)(H2,11,15,16). The van der Waals surface area contributed by atoms with Crippen molar-refractivity contribution in [1.82, 2.24) is 10.3 Å². The van der Waals surface area contributed by atoms with E-state index in [2.05, 4.69) is 10.3 Å². The zero-order chi connectivity index (χ0) is 12.9. The van der Waals surface area contributed by atoms with Crippen LogP contribution in [-0.4, -0.2) is 31.6 Å². The number of sulfonamides is 1. The van der Waals surface area contributed by atoms with Crippen molar-refractivity contribution < 1.29 is 13.2 Å². The lowest BCUT2D eigenvalue weighted by Crippen LogP contribution is -2.27. The molecule has 1 rings (SSSR count). The Balaban J connectivity index is 2.38. The summed E-state index contributed by atoms with van der Waals surface area (Å²) in [6.45, 7) is 0.234. The molecule has 1 heterocycles. The lowest BCUT2D eigenvalue weighted by molar-refractivity contribution is 0.0953. The summed E-state index contributed by atoms with van der Waals surface area (Å²) in [5, 5.41) is 7.67. The third kappa shape index (κ3) is 5.62. The second-order valence-electron chi connectivity index (χ2n) is 3.35. The van der Waals surface area contributed by atoms with Gasteiger partial charge >= 0.3 is 0 Å². The number of hydrogen-bond acceptors (Lipinski definition) is 4. The second kappa shape index (κ2) is 5.95. The van der Waals surface area contributed by atoms with Gasteiger partial charge in [-0.1, -0.05) is 11.6 Å². The molecule has 17 heavy (non-hydrogen) atoms. The molecule has 0 atom stereocenters. The summed E-state index contributed by atoms with van der Waals surface area (Å²) in [4.78, 5) is 15.3. The Morgan fingerprint density at radius 2 is 2.18 bits per heavy atom. The summed E-state index contributed by atoms with van der Waals surface area (Å²) in [5.41, 5.74) is 0.366. The van der Waals surface area contributed by atoms with Crippen LogP contribution in [0, 0.1) is 0 Å². The van der Waals surface area contributed by atoms with Gasteiger partial charge in [0.2, 0.25) is 10.0 Å². The highest BCUT2D eigenvalue weighted by atomic mass is 35.5. The Kier molecular flexibility index (Phi) is 4.86. The van der Waals surface area contributed by atoms with Crippen LogP contribution in [0.2, 0.25) is 5.15 Å². The zero-order valence-electron chi connectivity index (χ0n) is 8.89. The van der Waals surface area contributed by atoms with Crippen molar-refractivity contribution in [3.8, 4) is 0 Å². The van der Waals surface area contributed by atoms with Crippen molar-refractivity contribution in [2.75, 3.05) is 12.3 Å². The SMILES string of the molecule is NS(=O)(=O)CCCNC(=O)c1ccc(Cl)nc1. The number of carbonyl (C=O) groups excluding carboxylic acids is 1. The van der Waals surface area contributed by atoms with E-state index in [1.165, 1.54) is 18.3 Å². The zero-order valence-corrected chi connectivity index (χ0v) is 10.5. The van der Waals surface area contributed by atoms with Crippen LogP contribution in [0.5, 0.6) is 0 Å². The molecule has 0 saturated heterocycles. The number of nitrogens with zero attached hydrogens (tertiary/aromatic N) is 1. The molecule has 0 aliphatic rings. The first-order valence-electron chi connectivity index (χ1n) is 4.79. The van der Waals surface area contributed by atoms with E-state index < -0.39 is 10.0 Å². The molecule has 0 fully saturated rings. The molecule has 6 nitrogen and oxygen atoms in total. The molecule has 0 aromatic carbocycles. The minimum absolute atomic E-state index is 0.161. The summed E-state index contributed by atoms with van der Waals surface area (Å²) >= 11 is 5.57. The van der Waals surface area contributed by atoms with Gasteiger partial charge in [0.25, 0.3) is 5.91 Å². The highest BCUT2D eigenvalue weighted by Crippen LogP contribution is 2.04. The number of carbonyl (C=O) groups is 1. The predicted octanol–water partition coefficient (Wildman–Crippen LogP) is 0.143. The number of hydrogen-bond donors (Lipinski definition) is 2. The number of nitrogens with one attached hydrogen (secondary N) is 1. The summed E-state index contributed by atoms with van der Waals surface area (Å²) in [7, 11) is -3.47. The van der Waals surface area contributed by atoms with E-state index in [1.807, 2.05) is 0 Å². The van der Waals surface area contributed by atoms with Crippen LogP contribution in [0.1, 0.15) is 16.8 Å². The van der Waals surface area contributed by atoms with Gasteiger partial charge in [0.1, 0.15) is 5.15 Å². The molecular formula is C9H12ClN3O3S. The first-order chi connectivity index (χ1) is 7.88. The minimum Gasteiger partial charge on any atom is -0.352 e. The number of halogens is 1. The summed E-state index contributed by atoms with van der Waals surface area (Å²) in [6, 6.07) is 3.03. The van der Waals surface area contributed by atoms with Crippen LogP contribution in [0.4, 0.5) is 0 Å². The normalized spacial score (nSPS) is 11.2. The molecule has 3 N–H and O–H groups in total. The van der Waals surface area contributed by atoms with Crippen LogP contribution in [0.15, 0.2) is 18.3 Å². The molecule has 0 spiro atoms. The molecule has 0 saturated carbocycles. The van der Waals surface area contributed by atoms with E-state index in [0.717, 1.165) is 0 Å². The molecule has 0 aliphatic carbocycles. The molecule has 1 aromatic heterocycles. The van der Waals surface area contributed by atoms with Crippen LogP contribution in [0.3, 0.4) is 0 Å². The number of nitrogens with two attached hydrogens (primary N) is 1. The van der Waals surface area contributed by atoms with E-state index in [0.29, 0.717) is 10.7 Å². The van der Waals surface area contributed by atoms with Crippen molar-refractivity contribution in [1.29, 1.82) is 0 Å². The Bertz CT molecular complexity index is 487. The van der Waals surface area contributed by atoms with E-state index >= 15 is 0 Å². The van der Waals surface area contributed by atoms with Crippen molar-refractivity contribution >= 4 is 27.5 Å². The van der Waals surface area contributed by atoms with E-state index in [9.17, 15) is 13.2 Å². The first-order valence-corrected chi connectivity index (χ1v) is 6.88. The first kappa shape index (κ1) is 13.9. The van der Waals surface area contributed by atoms with Gasteiger partial charge in [0.05, 0.1) is 11.3 Å².